The van der Waals surface area contributed by atoms with Gasteiger partial charge in [-0.25, -0.2) is 4.79 Å². The van der Waals surface area contributed by atoms with Crippen LogP contribution in [-0.4, -0.2) is 31.6 Å². The fourth-order valence-corrected chi connectivity index (χ4v) is 3.36. The Hall–Kier alpha value is -3.39. The van der Waals surface area contributed by atoms with Crippen LogP contribution >= 0.6 is 0 Å². The van der Waals surface area contributed by atoms with Gasteiger partial charge < -0.3 is 24.7 Å². The molecule has 3 rings (SSSR count). The molecule has 0 spiro atoms. The normalized spacial score (nSPS) is 14.5. The summed E-state index contributed by atoms with van der Waals surface area (Å²) in [7, 11) is 1.35. The lowest BCUT2D eigenvalue weighted by molar-refractivity contribution is -0.143. The molecule has 2 aromatic rings. The van der Waals surface area contributed by atoms with Gasteiger partial charge in [0, 0.05) is 6.42 Å². The summed E-state index contributed by atoms with van der Waals surface area (Å²) in [5.41, 5.74) is 8.26. The first-order chi connectivity index (χ1) is 15.5. The number of esters is 2. The maximum Gasteiger partial charge on any atom is 0.338 e. The molecule has 0 fully saturated rings. The average molecular weight is 441 g/mol. The molecule has 32 heavy (non-hydrogen) atoms. The third-order valence-corrected chi connectivity index (χ3v) is 5.12. The maximum absolute atomic E-state index is 12.4. The molecule has 170 valence electrons. The molecule has 0 saturated heterocycles. The number of rotatable bonds is 11. The summed E-state index contributed by atoms with van der Waals surface area (Å²) in [5, 5.41) is 0. The second-order valence-electron chi connectivity index (χ2n) is 7.49. The van der Waals surface area contributed by atoms with Gasteiger partial charge in [-0.1, -0.05) is 12.1 Å². The minimum absolute atomic E-state index is 0.106. The molecule has 0 aromatic heterocycles. The standard InChI is InChI=1S/C24H27NO7/c1-29-23(27)13-21-20-12-16(5-6-18(20)15-31-21)14-32-24(28)17-7-9-19(10-8-17)30-11-3-2-4-22(25)26/h5-10,12,21H,2-4,11,13-15H2,1H3,(H2,25,26). The van der Waals surface area contributed by atoms with Crippen molar-refractivity contribution in [3.8, 4) is 5.75 Å². The van der Waals surface area contributed by atoms with E-state index >= 15 is 0 Å². The van der Waals surface area contributed by atoms with E-state index < -0.39 is 5.97 Å². The summed E-state index contributed by atoms with van der Waals surface area (Å²) >= 11 is 0. The number of amides is 1. The zero-order valence-corrected chi connectivity index (χ0v) is 18.0. The number of fused-ring (bicyclic) bond motifs is 1. The Kier molecular flexibility index (Phi) is 8.21. The summed E-state index contributed by atoms with van der Waals surface area (Å²) in [6, 6.07) is 12.4. The van der Waals surface area contributed by atoms with E-state index in [4.69, 9.17) is 24.7 Å². The van der Waals surface area contributed by atoms with E-state index in [1.165, 1.54) is 7.11 Å². The van der Waals surface area contributed by atoms with Gasteiger partial charge in [-0.3, -0.25) is 9.59 Å². The molecule has 1 atom stereocenters. The SMILES string of the molecule is COC(=O)CC1OCc2ccc(COC(=O)c3ccc(OCCCCC(N)=O)cc3)cc21. The Morgan fingerprint density at radius 3 is 2.59 bits per heavy atom. The van der Waals surface area contributed by atoms with Crippen molar-refractivity contribution in [3.05, 3.63) is 64.7 Å². The molecule has 1 aliphatic rings. The van der Waals surface area contributed by atoms with Crippen molar-refractivity contribution >= 4 is 17.8 Å². The van der Waals surface area contributed by atoms with Crippen molar-refractivity contribution in [1.29, 1.82) is 0 Å². The highest BCUT2D eigenvalue weighted by Crippen LogP contribution is 2.34. The molecule has 8 heteroatoms. The number of carbonyl (C=O) groups is 3. The fourth-order valence-electron chi connectivity index (χ4n) is 3.36. The summed E-state index contributed by atoms with van der Waals surface area (Å²) in [6.45, 7) is 1.02. The number of hydrogen-bond donors (Lipinski definition) is 1. The van der Waals surface area contributed by atoms with Crippen LogP contribution < -0.4 is 10.5 Å². The number of carbonyl (C=O) groups excluding carboxylic acids is 3. The number of unbranched alkanes of at least 4 members (excludes halogenated alkanes) is 1. The van der Waals surface area contributed by atoms with Gasteiger partial charge in [-0.15, -0.1) is 0 Å². The van der Waals surface area contributed by atoms with E-state index in [-0.39, 0.29) is 31.0 Å². The van der Waals surface area contributed by atoms with Crippen LogP contribution in [0, 0.1) is 0 Å². The molecular formula is C24H27NO7. The second kappa shape index (κ2) is 11.3. The predicted molar refractivity (Wildman–Crippen MR) is 115 cm³/mol. The molecule has 1 amide bonds. The first-order valence-electron chi connectivity index (χ1n) is 10.4. The third kappa shape index (κ3) is 6.55. The number of benzene rings is 2. The Balaban J connectivity index is 1.49. The summed E-state index contributed by atoms with van der Waals surface area (Å²) < 4.78 is 21.4. The first kappa shape index (κ1) is 23.3. The summed E-state index contributed by atoms with van der Waals surface area (Å²) in [4.78, 5) is 34.7. The molecular weight excluding hydrogens is 414 g/mol. The van der Waals surface area contributed by atoms with Gasteiger partial charge in [0.05, 0.1) is 38.4 Å². The topological polar surface area (TPSA) is 114 Å². The Morgan fingerprint density at radius 2 is 1.88 bits per heavy atom. The van der Waals surface area contributed by atoms with Gasteiger partial charge in [0.1, 0.15) is 12.4 Å². The zero-order chi connectivity index (χ0) is 22.9. The molecule has 2 aromatic carbocycles. The molecule has 8 nitrogen and oxygen atoms in total. The monoisotopic (exact) mass is 441 g/mol. The number of ether oxygens (including phenoxy) is 4. The lowest BCUT2D eigenvalue weighted by Gasteiger charge is -2.11. The summed E-state index contributed by atoms with van der Waals surface area (Å²) in [5.74, 6) is -0.461. The van der Waals surface area contributed by atoms with Gasteiger partial charge in [0.15, 0.2) is 0 Å². The molecule has 1 heterocycles. The van der Waals surface area contributed by atoms with Crippen molar-refractivity contribution in [3.63, 3.8) is 0 Å². The highest BCUT2D eigenvalue weighted by molar-refractivity contribution is 5.89. The lowest BCUT2D eigenvalue weighted by Crippen LogP contribution is -2.10. The van der Waals surface area contributed by atoms with Gasteiger partial charge in [0.25, 0.3) is 0 Å². The van der Waals surface area contributed by atoms with Gasteiger partial charge in [-0.05, 0) is 59.9 Å². The van der Waals surface area contributed by atoms with Crippen molar-refractivity contribution in [2.75, 3.05) is 13.7 Å². The largest absolute Gasteiger partial charge is 0.494 e. The molecule has 0 aliphatic carbocycles. The van der Waals surface area contributed by atoms with Crippen molar-refractivity contribution < 1.29 is 33.3 Å². The van der Waals surface area contributed by atoms with E-state index in [2.05, 4.69) is 0 Å². The first-order valence-corrected chi connectivity index (χ1v) is 10.4. The van der Waals surface area contributed by atoms with Crippen LogP contribution in [-0.2, 0) is 37.0 Å². The summed E-state index contributed by atoms with van der Waals surface area (Å²) in [6.07, 6.45) is 1.54. The third-order valence-electron chi connectivity index (χ3n) is 5.12. The van der Waals surface area contributed by atoms with E-state index in [1.807, 2.05) is 18.2 Å². The maximum atomic E-state index is 12.4. The van der Waals surface area contributed by atoms with Crippen molar-refractivity contribution in [1.82, 2.24) is 0 Å². The van der Waals surface area contributed by atoms with Gasteiger partial charge in [0.2, 0.25) is 5.91 Å². The average Bonchev–Trinajstić information content (AvgIpc) is 3.19. The minimum Gasteiger partial charge on any atom is -0.494 e. The highest BCUT2D eigenvalue weighted by atomic mass is 16.5. The van der Waals surface area contributed by atoms with Crippen molar-refractivity contribution in [2.24, 2.45) is 5.73 Å². The minimum atomic E-state index is -0.444. The van der Waals surface area contributed by atoms with Crippen molar-refractivity contribution in [2.45, 2.75) is 45.0 Å². The fraction of sp³-hybridized carbons (Fsp3) is 0.375. The zero-order valence-electron chi connectivity index (χ0n) is 18.0. The van der Waals surface area contributed by atoms with Crippen LogP contribution in [0.2, 0.25) is 0 Å². The second-order valence-corrected chi connectivity index (χ2v) is 7.49. The quantitative estimate of drug-likeness (QED) is 0.421. The lowest BCUT2D eigenvalue weighted by atomic mass is 10.0. The Labute approximate surface area is 186 Å². The molecule has 2 N–H and O–H groups in total. The molecule has 1 unspecified atom stereocenters. The smallest absolute Gasteiger partial charge is 0.338 e. The van der Waals surface area contributed by atoms with Crippen LogP contribution in [0.3, 0.4) is 0 Å². The molecule has 0 saturated carbocycles. The van der Waals surface area contributed by atoms with E-state index in [1.54, 1.807) is 24.3 Å². The number of methoxy groups -OCH3 is 1. The molecule has 0 bridgehead atoms. The Morgan fingerprint density at radius 1 is 1.09 bits per heavy atom. The highest BCUT2D eigenvalue weighted by Gasteiger charge is 2.26. The number of nitrogens with two attached hydrogens (primary N) is 1. The predicted octanol–water partition coefficient (Wildman–Crippen LogP) is 3.21. The van der Waals surface area contributed by atoms with Gasteiger partial charge in [-0.2, -0.15) is 0 Å². The van der Waals surface area contributed by atoms with E-state index in [0.29, 0.717) is 37.4 Å². The van der Waals surface area contributed by atoms with Crippen LogP contribution in [0.25, 0.3) is 0 Å². The molecule has 0 radical (unpaired) electrons. The van der Waals surface area contributed by atoms with Crippen LogP contribution in [0.5, 0.6) is 5.75 Å². The van der Waals surface area contributed by atoms with E-state index in [9.17, 15) is 14.4 Å². The van der Waals surface area contributed by atoms with Crippen LogP contribution in [0.15, 0.2) is 42.5 Å². The van der Waals surface area contributed by atoms with Gasteiger partial charge >= 0.3 is 11.9 Å². The number of hydrogen-bond acceptors (Lipinski definition) is 7. The van der Waals surface area contributed by atoms with E-state index in [0.717, 1.165) is 23.1 Å². The number of primary amides is 1. The van der Waals surface area contributed by atoms with Crippen LogP contribution in [0.4, 0.5) is 0 Å². The Bertz CT molecular complexity index is 955. The molecule has 1 aliphatic heterocycles. The van der Waals surface area contributed by atoms with Crippen LogP contribution in [0.1, 0.15) is 58.8 Å².